The highest BCUT2D eigenvalue weighted by Crippen LogP contribution is 2.27. The van der Waals surface area contributed by atoms with Gasteiger partial charge in [0.05, 0.1) is 7.11 Å². The van der Waals surface area contributed by atoms with Gasteiger partial charge in [0, 0.05) is 0 Å². The molecule has 2 aromatic rings. The number of hydrogen-bond acceptors (Lipinski definition) is 4. The first kappa shape index (κ1) is 13.7. The van der Waals surface area contributed by atoms with E-state index in [0.29, 0.717) is 0 Å². The van der Waals surface area contributed by atoms with Crippen LogP contribution >= 0.6 is 0 Å². The molecule has 102 valence electrons. The van der Waals surface area contributed by atoms with Crippen LogP contribution in [0.5, 0.6) is 17.2 Å². The molecule has 0 saturated heterocycles. The lowest BCUT2D eigenvalue weighted by atomic mass is 10.1. The largest absolute Gasteiger partial charge is 0.507 e. The Bertz CT molecular complexity index is 622. The molecule has 20 heavy (non-hydrogen) atoms. The standard InChI is InChI=1S/C16H14O4/c1-20-12-8-5-11(6-9-12)7-10-15(19)16-13(17)3-2-4-14(16)18/h2-10,17-18H,1H3/b10-7+. The van der Waals surface area contributed by atoms with Gasteiger partial charge in [0.1, 0.15) is 22.8 Å². The topological polar surface area (TPSA) is 66.8 Å². The van der Waals surface area contributed by atoms with E-state index < -0.39 is 5.78 Å². The summed E-state index contributed by atoms with van der Waals surface area (Å²) in [5, 5.41) is 19.2. The van der Waals surface area contributed by atoms with Crippen LogP contribution in [0.3, 0.4) is 0 Å². The molecule has 0 fully saturated rings. The number of hydrogen-bond donors (Lipinski definition) is 2. The fourth-order valence-electron chi connectivity index (χ4n) is 1.75. The van der Waals surface area contributed by atoms with Crippen molar-refractivity contribution >= 4 is 11.9 Å². The molecule has 4 heteroatoms. The average molecular weight is 270 g/mol. The minimum Gasteiger partial charge on any atom is -0.507 e. The third-order valence-corrected chi connectivity index (χ3v) is 2.81. The molecule has 0 atom stereocenters. The number of benzene rings is 2. The van der Waals surface area contributed by atoms with Gasteiger partial charge < -0.3 is 14.9 Å². The second kappa shape index (κ2) is 5.93. The minimum atomic E-state index is -0.462. The van der Waals surface area contributed by atoms with Crippen LogP contribution in [0.15, 0.2) is 48.5 Å². The summed E-state index contributed by atoms with van der Waals surface area (Å²) in [5.74, 6) is -0.216. The Labute approximate surface area is 116 Å². The SMILES string of the molecule is COc1ccc(/C=C/C(=O)c2c(O)cccc2O)cc1. The highest BCUT2D eigenvalue weighted by Gasteiger charge is 2.12. The summed E-state index contributed by atoms with van der Waals surface area (Å²) in [6.07, 6.45) is 2.91. The second-order valence-electron chi connectivity index (χ2n) is 4.14. The van der Waals surface area contributed by atoms with E-state index in [2.05, 4.69) is 0 Å². The van der Waals surface area contributed by atoms with E-state index in [0.717, 1.165) is 11.3 Å². The zero-order chi connectivity index (χ0) is 14.5. The predicted octanol–water partition coefficient (Wildman–Crippen LogP) is 3.00. The van der Waals surface area contributed by atoms with Crippen molar-refractivity contribution in [2.45, 2.75) is 0 Å². The molecule has 4 nitrogen and oxygen atoms in total. The van der Waals surface area contributed by atoms with Crippen molar-refractivity contribution < 1.29 is 19.7 Å². The lowest BCUT2D eigenvalue weighted by molar-refractivity contribution is 0.104. The van der Waals surface area contributed by atoms with Crippen LogP contribution in [0.4, 0.5) is 0 Å². The van der Waals surface area contributed by atoms with Crippen LogP contribution in [0.25, 0.3) is 6.08 Å². The van der Waals surface area contributed by atoms with E-state index in [4.69, 9.17) is 4.74 Å². The quantitative estimate of drug-likeness (QED) is 0.662. The fourth-order valence-corrected chi connectivity index (χ4v) is 1.75. The molecule has 0 aliphatic carbocycles. The molecule has 0 heterocycles. The van der Waals surface area contributed by atoms with Crippen molar-refractivity contribution in [2.24, 2.45) is 0 Å². The van der Waals surface area contributed by atoms with Crippen LogP contribution in [-0.2, 0) is 0 Å². The van der Waals surface area contributed by atoms with Gasteiger partial charge in [-0.3, -0.25) is 4.79 Å². The first-order valence-electron chi connectivity index (χ1n) is 5.99. The number of allylic oxidation sites excluding steroid dienone is 1. The first-order chi connectivity index (χ1) is 9.61. The van der Waals surface area contributed by atoms with Gasteiger partial charge in [0.2, 0.25) is 0 Å². The molecule has 2 rings (SSSR count). The predicted molar refractivity (Wildman–Crippen MR) is 76.1 cm³/mol. The van der Waals surface area contributed by atoms with Crippen molar-refractivity contribution in [1.29, 1.82) is 0 Å². The van der Waals surface area contributed by atoms with Gasteiger partial charge in [0.15, 0.2) is 5.78 Å². The number of carbonyl (C=O) groups is 1. The molecule has 0 aromatic heterocycles. The number of phenols is 2. The van der Waals surface area contributed by atoms with Gasteiger partial charge in [-0.2, -0.15) is 0 Å². The number of rotatable bonds is 4. The van der Waals surface area contributed by atoms with Crippen LogP contribution < -0.4 is 4.74 Å². The molecule has 0 aliphatic heterocycles. The maximum absolute atomic E-state index is 12.0. The lowest BCUT2D eigenvalue weighted by Crippen LogP contribution is -1.95. The average Bonchev–Trinajstić information content (AvgIpc) is 2.45. The summed E-state index contributed by atoms with van der Waals surface area (Å²) < 4.78 is 5.04. The van der Waals surface area contributed by atoms with Crippen molar-refractivity contribution in [3.05, 3.63) is 59.7 Å². The Morgan fingerprint density at radius 2 is 1.65 bits per heavy atom. The third-order valence-electron chi connectivity index (χ3n) is 2.81. The molecule has 2 aromatic carbocycles. The molecule has 0 radical (unpaired) electrons. The van der Waals surface area contributed by atoms with E-state index in [1.165, 1.54) is 24.3 Å². The van der Waals surface area contributed by atoms with E-state index in [1.807, 2.05) is 0 Å². The summed E-state index contributed by atoms with van der Waals surface area (Å²) >= 11 is 0. The summed E-state index contributed by atoms with van der Waals surface area (Å²) in [4.78, 5) is 12.0. The van der Waals surface area contributed by atoms with Gasteiger partial charge in [-0.05, 0) is 35.9 Å². The summed E-state index contributed by atoms with van der Waals surface area (Å²) in [5.41, 5.74) is 0.714. The highest BCUT2D eigenvalue weighted by atomic mass is 16.5. The Morgan fingerprint density at radius 3 is 2.20 bits per heavy atom. The van der Waals surface area contributed by atoms with E-state index in [1.54, 1.807) is 37.5 Å². The number of phenolic OH excluding ortho intramolecular Hbond substituents is 2. The van der Waals surface area contributed by atoms with Crippen LogP contribution in [0, 0.1) is 0 Å². The maximum atomic E-state index is 12.0. The third kappa shape index (κ3) is 2.98. The zero-order valence-electron chi connectivity index (χ0n) is 10.9. The molecular formula is C16H14O4. The van der Waals surface area contributed by atoms with Gasteiger partial charge in [-0.15, -0.1) is 0 Å². The number of ketones is 1. The summed E-state index contributed by atoms with van der Waals surface area (Å²) in [7, 11) is 1.58. The molecule has 0 aliphatic rings. The van der Waals surface area contributed by atoms with E-state index >= 15 is 0 Å². The highest BCUT2D eigenvalue weighted by molar-refractivity contribution is 6.10. The fraction of sp³-hybridized carbons (Fsp3) is 0.0625. The Morgan fingerprint density at radius 1 is 1.05 bits per heavy atom. The van der Waals surface area contributed by atoms with Gasteiger partial charge in [-0.25, -0.2) is 0 Å². The first-order valence-corrected chi connectivity index (χ1v) is 5.99. The van der Waals surface area contributed by atoms with Crippen LogP contribution in [0.2, 0.25) is 0 Å². The maximum Gasteiger partial charge on any atom is 0.193 e. The second-order valence-corrected chi connectivity index (χ2v) is 4.14. The number of aromatic hydroxyl groups is 2. The number of methoxy groups -OCH3 is 1. The minimum absolute atomic E-state index is 0.0998. The molecular weight excluding hydrogens is 256 g/mol. The smallest absolute Gasteiger partial charge is 0.193 e. The Hall–Kier alpha value is -2.75. The van der Waals surface area contributed by atoms with Crippen LogP contribution in [0.1, 0.15) is 15.9 Å². The number of ether oxygens (including phenoxy) is 1. The summed E-state index contributed by atoms with van der Waals surface area (Å²) in [6.45, 7) is 0. The molecule has 2 N–H and O–H groups in total. The monoisotopic (exact) mass is 270 g/mol. The molecule has 0 unspecified atom stereocenters. The lowest BCUT2D eigenvalue weighted by Gasteiger charge is -2.03. The zero-order valence-corrected chi connectivity index (χ0v) is 10.9. The van der Waals surface area contributed by atoms with Crippen molar-refractivity contribution in [3.8, 4) is 17.2 Å². The summed E-state index contributed by atoms with van der Waals surface area (Å²) in [6, 6.07) is 11.3. The molecule has 0 bridgehead atoms. The van der Waals surface area contributed by atoms with Crippen molar-refractivity contribution in [1.82, 2.24) is 0 Å². The molecule has 0 saturated carbocycles. The number of carbonyl (C=O) groups excluding carboxylic acids is 1. The molecule has 0 amide bonds. The Balaban J connectivity index is 2.20. The van der Waals surface area contributed by atoms with Crippen molar-refractivity contribution in [2.75, 3.05) is 7.11 Å². The Kier molecular flexibility index (Phi) is 4.05. The van der Waals surface area contributed by atoms with Crippen molar-refractivity contribution in [3.63, 3.8) is 0 Å². The van der Waals surface area contributed by atoms with E-state index in [9.17, 15) is 15.0 Å². The van der Waals surface area contributed by atoms with Gasteiger partial charge in [-0.1, -0.05) is 24.3 Å². The normalized spacial score (nSPS) is 10.7. The van der Waals surface area contributed by atoms with Gasteiger partial charge >= 0.3 is 0 Å². The van der Waals surface area contributed by atoms with E-state index in [-0.39, 0.29) is 17.1 Å². The molecule has 0 spiro atoms. The van der Waals surface area contributed by atoms with Crippen LogP contribution in [-0.4, -0.2) is 23.1 Å². The van der Waals surface area contributed by atoms with Gasteiger partial charge in [0.25, 0.3) is 0 Å².